The van der Waals surface area contributed by atoms with Crippen LogP contribution in [0.25, 0.3) is 0 Å². The zero-order valence-corrected chi connectivity index (χ0v) is 19.6. The number of piperazine rings is 1. The second kappa shape index (κ2) is 10.7. The van der Waals surface area contributed by atoms with Gasteiger partial charge in [-0.2, -0.15) is 0 Å². The monoisotopic (exact) mass is 466 g/mol. The summed E-state index contributed by atoms with van der Waals surface area (Å²) in [6, 6.07) is 11.5. The third-order valence-corrected chi connectivity index (χ3v) is 6.49. The van der Waals surface area contributed by atoms with Crippen molar-refractivity contribution in [2.24, 2.45) is 0 Å². The van der Waals surface area contributed by atoms with Crippen molar-refractivity contribution in [1.82, 2.24) is 9.80 Å². The van der Waals surface area contributed by atoms with Crippen LogP contribution in [0.2, 0.25) is 0 Å². The number of hydrogen-bond donors (Lipinski definition) is 1. The van der Waals surface area contributed by atoms with Gasteiger partial charge in [-0.25, -0.2) is 4.39 Å². The molecule has 34 heavy (non-hydrogen) atoms. The maximum Gasteiger partial charge on any atom is 0.256 e. The summed E-state index contributed by atoms with van der Waals surface area (Å²) in [7, 11) is 0. The summed E-state index contributed by atoms with van der Waals surface area (Å²) in [5.41, 5.74) is 2.03. The molecule has 2 heterocycles. The van der Waals surface area contributed by atoms with Crippen molar-refractivity contribution < 1.29 is 18.8 Å². The minimum Gasteiger partial charge on any atom is -0.367 e. The average molecular weight is 467 g/mol. The van der Waals surface area contributed by atoms with Crippen molar-refractivity contribution in [1.29, 1.82) is 0 Å². The smallest absolute Gasteiger partial charge is 0.256 e. The molecule has 7 nitrogen and oxygen atoms in total. The molecule has 0 saturated carbocycles. The molecule has 1 N–H and O–H groups in total. The zero-order valence-electron chi connectivity index (χ0n) is 19.6. The molecule has 2 saturated heterocycles. The fourth-order valence-electron chi connectivity index (χ4n) is 4.53. The van der Waals surface area contributed by atoms with Crippen molar-refractivity contribution >= 4 is 29.1 Å². The van der Waals surface area contributed by atoms with Crippen LogP contribution < -0.4 is 10.2 Å². The number of carbonyl (C=O) groups excluding carboxylic acids is 3. The van der Waals surface area contributed by atoms with Crippen molar-refractivity contribution in [2.75, 3.05) is 49.5 Å². The third kappa shape index (κ3) is 5.21. The number of piperidine rings is 1. The summed E-state index contributed by atoms with van der Waals surface area (Å²) < 4.78 is 14.1. The number of halogens is 1. The van der Waals surface area contributed by atoms with Crippen LogP contribution in [0.3, 0.4) is 0 Å². The molecule has 2 aromatic rings. The largest absolute Gasteiger partial charge is 0.367 e. The van der Waals surface area contributed by atoms with Crippen LogP contribution in [0.15, 0.2) is 42.5 Å². The molecule has 0 unspecified atom stereocenters. The maximum absolute atomic E-state index is 14.1. The van der Waals surface area contributed by atoms with Gasteiger partial charge in [0.25, 0.3) is 11.8 Å². The van der Waals surface area contributed by atoms with E-state index in [9.17, 15) is 18.8 Å². The van der Waals surface area contributed by atoms with Crippen molar-refractivity contribution in [3.63, 3.8) is 0 Å². The Balaban J connectivity index is 1.53. The van der Waals surface area contributed by atoms with E-state index in [2.05, 4.69) is 10.2 Å². The van der Waals surface area contributed by atoms with Crippen LogP contribution in [0.1, 0.15) is 53.3 Å². The van der Waals surface area contributed by atoms with Gasteiger partial charge in [0.2, 0.25) is 5.91 Å². The first kappa shape index (κ1) is 23.7. The quantitative estimate of drug-likeness (QED) is 0.728. The fraction of sp³-hybridized carbons (Fsp3) is 0.423. The van der Waals surface area contributed by atoms with Crippen molar-refractivity contribution in [3.8, 4) is 0 Å². The van der Waals surface area contributed by atoms with E-state index in [0.717, 1.165) is 38.0 Å². The lowest BCUT2D eigenvalue weighted by Crippen LogP contribution is -2.49. The molecule has 2 aliphatic rings. The van der Waals surface area contributed by atoms with E-state index in [1.54, 1.807) is 30.0 Å². The van der Waals surface area contributed by atoms with Gasteiger partial charge in [0.1, 0.15) is 5.82 Å². The molecule has 4 rings (SSSR count). The van der Waals surface area contributed by atoms with Gasteiger partial charge in [-0.1, -0.05) is 19.1 Å². The summed E-state index contributed by atoms with van der Waals surface area (Å²) >= 11 is 0. The molecule has 3 amide bonds. The van der Waals surface area contributed by atoms with Gasteiger partial charge in [0.15, 0.2) is 0 Å². The first-order valence-electron chi connectivity index (χ1n) is 12.0. The van der Waals surface area contributed by atoms with E-state index in [1.165, 1.54) is 12.1 Å². The third-order valence-electron chi connectivity index (χ3n) is 6.49. The highest BCUT2D eigenvalue weighted by atomic mass is 19.1. The molecular weight excluding hydrogens is 435 g/mol. The minimum absolute atomic E-state index is 0.0350. The summed E-state index contributed by atoms with van der Waals surface area (Å²) in [5.74, 6) is -0.981. The lowest BCUT2D eigenvalue weighted by Gasteiger charge is -2.37. The van der Waals surface area contributed by atoms with Gasteiger partial charge in [0, 0.05) is 57.1 Å². The van der Waals surface area contributed by atoms with Crippen LogP contribution in [0, 0.1) is 5.82 Å². The lowest BCUT2D eigenvalue weighted by atomic mass is 10.1. The molecule has 2 aromatic carbocycles. The van der Waals surface area contributed by atoms with Crippen LogP contribution in [-0.2, 0) is 4.79 Å². The Kier molecular flexibility index (Phi) is 7.45. The van der Waals surface area contributed by atoms with Gasteiger partial charge in [-0.3, -0.25) is 14.4 Å². The number of nitrogens with zero attached hydrogens (tertiary/aromatic N) is 3. The number of hydrogen-bond acceptors (Lipinski definition) is 4. The highest BCUT2D eigenvalue weighted by Crippen LogP contribution is 2.28. The van der Waals surface area contributed by atoms with Crippen LogP contribution in [0.4, 0.5) is 15.8 Å². The van der Waals surface area contributed by atoms with Gasteiger partial charge < -0.3 is 20.0 Å². The lowest BCUT2D eigenvalue weighted by molar-refractivity contribution is -0.115. The van der Waals surface area contributed by atoms with Crippen molar-refractivity contribution in [2.45, 2.75) is 32.6 Å². The SMILES string of the molecule is CCC(=O)Nc1ccc(N2CCN(C(=O)c3ccccc3F)CC2)c(C(=O)N2CCCCC2)c1. The van der Waals surface area contributed by atoms with Crippen LogP contribution >= 0.6 is 0 Å². The van der Waals surface area contributed by atoms with E-state index in [0.29, 0.717) is 43.9 Å². The van der Waals surface area contributed by atoms with E-state index >= 15 is 0 Å². The summed E-state index contributed by atoms with van der Waals surface area (Å²) in [4.78, 5) is 43.8. The highest BCUT2D eigenvalue weighted by molar-refractivity contribution is 6.02. The summed E-state index contributed by atoms with van der Waals surface area (Å²) in [5, 5.41) is 2.85. The zero-order chi connectivity index (χ0) is 24.1. The Morgan fingerprint density at radius 1 is 0.824 bits per heavy atom. The van der Waals surface area contributed by atoms with Gasteiger partial charge in [-0.05, 0) is 49.6 Å². The number of anilines is 2. The van der Waals surface area contributed by atoms with Crippen molar-refractivity contribution in [3.05, 3.63) is 59.4 Å². The second-order valence-corrected chi connectivity index (χ2v) is 8.75. The fourth-order valence-corrected chi connectivity index (χ4v) is 4.53. The molecule has 0 atom stereocenters. The van der Waals surface area contributed by atoms with Crippen LogP contribution in [0.5, 0.6) is 0 Å². The molecule has 2 fully saturated rings. The molecule has 0 aromatic heterocycles. The molecule has 0 radical (unpaired) electrons. The van der Waals surface area contributed by atoms with E-state index in [-0.39, 0.29) is 23.3 Å². The molecule has 0 aliphatic carbocycles. The number of nitrogens with one attached hydrogen (secondary N) is 1. The Hall–Kier alpha value is -3.42. The average Bonchev–Trinajstić information content (AvgIpc) is 2.88. The summed E-state index contributed by atoms with van der Waals surface area (Å²) in [6.07, 6.45) is 3.46. The molecular formula is C26H31FN4O3. The van der Waals surface area contributed by atoms with Gasteiger partial charge in [-0.15, -0.1) is 0 Å². The molecule has 180 valence electrons. The molecule has 2 aliphatic heterocycles. The van der Waals surface area contributed by atoms with Gasteiger partial charge >= 0.3 is 0 Å². The summed E-state index contributed by atoms with van der Waals surface area (Å²) in [6.45, 7) is 5.16. The number of carbonyl (C=O) groups is 3. The first-order chi connectivity index (χ1) is 16.5. The predicted octanol–water partition coefficient (Wildman–Crippen LogP) is 3.76. The Morgan fingerprint density at radius 3 is 2.15 bits per heavy atom. The molecule has 8 heteroatoms. The number of benzene rings is 2. The molecule has 0 bridgehead atoms. The number of likely N-dealkylation sites (tertiary alicyclic amines) is 1. The van der Waals surface area contributed by atoms with E-state index < -0.39 is 5.82 Å². The van der Waals surface area contributed by atoms with Crippen LogP contribution in [-0.4, -0.2) is 66.8 Å². The normalized spacial score (nSPS) is 16.4. The van der Waals surface area contributed by atoms with Gasteiger partial charge in [0.05, 0.1) is 11.1 Å². The second-order valence-electron chi connectivity index (χ2n) is 8.75. The highest BCUT2D eigenvalue weighted by Gasteiger charge is 2.28. The molecule has 0 spiro atoms. The standard InChI is InChI=1S/C26H31FN4O3/c1-2-24(32)28-19-10-11-23(21(18-19)26(34)30-12-6-3-7-13-30)29-14-16-31(17-15-29)25(33)20-8-4-5-9-22(20)27/h4-5,8-11,18H,2-3,6-7,12-17H2,1H3,(H,28,32). The Bertz CT molecular complexity index is 1060. The predicted molar refractivity (Wildman–Crippen MR) is 130 cm³/mol. The Morgan fingerprint density at radius 2 is 1.47 bits per heavy atom. The van der Waals surface area contributed by atoms with E-state index in [4.69, 9.17) is 0 Å². The number of amides is 3. The van der Waals surface area contributed by atoms with E-state index in [1.807, 2.05) is 17.0 Å². The minimum atomic E-state index is -0.519. The Labute approximate surface area is 199 Å². The maximum atomic E-state index is 14.1. The number of rotatable bonds is 5. The topological polar surface area (TPSA) is 73.0 Å². The first-order valence-corrected chi connectivity index (χ1v) is 12.0.